The monoisotopic (exact) mass is 233 g/mol. The van der Waals surface area contributed by atoms with E-state index in [0.29, 0.717) is 5.75 Å². The van der Waals surface area contributed by atoms with E-state index in [1.54, 1.807) is 0 Å². The second kappa shape index (κ2) is 5.18. The van der Waals surface area contributed by atoms with E-state index < -0.39 is 11.5 Å². The predicted molar refractivity (Wildman–Crippen MR) is 60.9 cm³/mol. The molecule has 5 heteroatoms. The maximum atomic E-state index is 11.1. The molecule has 1 aliphatic carbocycles. The van der Waals surface area contributed by atoms with Crippen molar-refractivity contribution in [2.45, 2.75) is 25.3 Å². The Labute approximate surface area is 94.2 Å². The number of thioether (sulfide) groups is 1. The van der Waals surface area contributed by atoms with Gasteiger partial charge in [-0.05, 0) is 30.4 Å². The first-order valence-electron chi connectivity index (χ1n) is 5.21. The van der Waals surface area contributed by atoms with Crippen molar-refractivity contribution < 1.29 is 15.0 Å². The number of aliphatic hydroxyl groups is 1. The minimum atomic E-state index is -1.06. The molecule has 0 amide bonds. The van der Waals surface area contributed by atoms with Gasteiger partial charge < -0.3 is 15.9 Å². The van der Waals surface area contributed by atoms with Crippen molar-refractivity contribution in [3.63, 3.8) is 0 Å². The number of aliphatic hydroxyl groups excluding tert-OH is 1. The van der Waals surface area contributed by atoms with Gasteiger partial charge in [-0.2, -0.15) is 11.8 Å². The largest absolute Gasteiger partial charge is 0.480 e. The SMILES string of the molecule is CC(CO)CSCC(N)(C(=O)O)C1CC1. The van der Waals surface area contributed by atoms with Gasteiger partial charge in [0.15, 0.2) is 0 Å². The van der Waals surface area contributed by atoms with E-state index in [2.05, 4.69) is 0 Å². The summed E-state index contributed by atoms with van der Waals surface area (Å²) in [5.41, 5.74) is 4.84. The van der Waals surface area contributed by atoms with Gasteiger partial charge in [0, 0.05) is 12.4 Å². The average Bonchev–Trinajstić information content (AvgIpc) is 3.00. The number of carboxylic acids is 1. The molecule has 0 saturated heterocycles. The lowest BCUT2D eigenvalue weighted by Crippen LogP contribution is -2.52. The van der Waals surface area contributed by atoms with Gasteiger partial charge in [-0.1, -0.05) is 6.92 Å². The summed E-state index contributed by atoms with van der Waals surface area (Å²) in [7, 11) is 0. The van der Waals surface area contributed by atoms with Crippen LogP contribution in [0.2, 0.25) is 0 Å². The van der Waals surface area contributed by atoms with Crippen LogP contribution in [0.5, 0.6) is 0 Å². The van der Waals surface area contributed by atoms with Crippen LogP contribution in [-0.4, -0.2) is 39.8 Å². The van der Waals surface area contributed by atoms with Crippen molar-refractivity contribution in [2.75, 3.05) is 18.1 Å². The van der Waals surface area contributed by atoms with Crippen LogP contribution in [0.4, 0.5) is 0 Å². The Hall–Kier alpha value is -0.260. The zero-order valence-electron chi connectivity index (χ0n) is 8.98. The van der Waals surface area contributed by atoms with E-state index in [9.17, 15) is 4.79 Å². The van der Waals surface area contributed by atoms with E-state index >= 15 is 0 Å². The van der Waals surface area contributed by atoms with E-state index in [0.717, 1.165) is 18.6 Å². The zero-order valence-corrected chi connectivity index (χ0v) is 9.80. The highest BCUT2D eigenvalue weighted by molar-refractivity contribution is 7.99. The molecule has 2 atom stereocenters. The van der Waals surface area contributed by atoms with Gasteiger partial charge in [-0.3, -0.25) is 4.79 Å². The molecule has 0 aromatic rings. The summed E-state index contributed by atoms with van der Waals surface area (Å²) in [6.45, 7) is 2.07. The van der Waals surface area contributed by atoms with Crippen LogP contribution in [0.25, 0.3) is 0 Å². The Kier molecular flexibility index (Phi) is 4.43. The molecular formula is C10H19NO3S. The molecule has 1 aliphatic rings. The smallest absolute Gasteiger partial charge is 0.324 e. The number of carboxylic acid groups (broad SMARTS) is 1. The van der Waals surface area contributed by atoms with Crippen LogP contribution in [-0.2, 0) is 4.79 Å². The first-order valence-corrected chi connectivity index (χ1v) is 6.37. The Morgan fingerprint density at radius 1 is 1.67 bits per heavy atom. The summed E-state index contributed by atoms with van der Waals surface area (Å²) in [4.78, 5) is 11.1. The van der Waals surface area contributed by atoms with Gasteiger partial charge in [-0.15, -0.1) is 0 Å². The number of carbonyl (C=O) groups is 1. The lowest BCUT2D eigenvalue weighted by atomic mass is 9.98. The highest BCUT2D eigenvalue weighted by Crippen LogP contribution is 2.40. The number of nitrogens with two attached hydrogens (primary N) is 1. The van der Waals surface area contributed by atoms with Crippen LogP contribution < -0.4 is 5.73 Å². The molecular weight excluding hydrogens is 214 g/mol. The van der Waals surface area contributed by atoms with Crippen LogP contribution in [0, 0.1) is 11.8 Å². The maximum Gasteiger partial charge on any atom is 0.324 e. The Balaban J connectivity index is 2.36. The Bertz CT molecular complexity index is 233. The fourth-order valence-corrected chi connectivity index (χ4v) is 2.76. The Morgan fingerprint density at radius 3 is 2.67 bits per heavy atom. The molecule has 1 saturated carbocycles. The molecule has 0 aromatic carbocycles. The molecule has 0 aliphatic heterocycles. The topological polar surface area (TPSA) is 83.5 Å². The molecule has 4 N–H and O–H groups in total. The lowest BCUT2D eigenvalue weighted by Gasteiger charge is -2.24. The summed E-state index contributed by atoms with van der Waals surface area (Å²) in [6.07, 6.45) is 1.86. The maximum absolute atomic E-state index is 11.1. The highest BCUT2D eigenvalue weighted by Gasteiger charge is 2.47. The van der Waals surface area contributed by atoms with Crippen molar-refractivity contribution in [1.82, 2.24) is 0 Å². The third-order valence-electron chi connectivity index (χ3n) is 2.76. The number of hydrogen-bond acceptors (Lipinski definition) is 4. The van der Waals surface area contributed by atoms with Crippen molar-refractivity contribution in [2.24, 2.45) is 17.6 Å². The van der Waals surface area contributed by atoms with Crippen molar-refractivity contribution in [3.8, 4) is 0 Å². The highest BCUT2D eigenvalue weighted by atomic mass is 32.2. The minimum absolute atomic E-state index is 0.140. The molecule has 15 heavy (non-hydrogen) atoms. The predicted octanol–water partition coefficient (Wildman–Crippen LogP) is 0.540. The number of aliphatic carboxylic acids is 1. The van der Waals surface area contributed by atoms with E-state index in [1.165, 1.54) is 11.8 Å². The summed E-state index contributed by atoms with van der Waals surface area (Å²) in [5.74, 6) is 0.653. The van der Waals surface area contributed by atoms with Gasteiger partial charge in [0.25, 0.3) is 0 Å². The normalized spacial score (nSPS) is 22.1. The molecule has 0 heterocycles. The quantitative estimate of drug-likeness (QED) is 0.598. The second-order valence-electron chi connectivity index (χ2n) is 4.42. The van der Waals surface area contributed by atoms with Crippen molar-refractivity contribution >= 4 is 17.7 Å². The van der Waals surface area contributed by atoms with Crippen LogP contribution in [0.15, 0.2) is 0 Å². The summed E-state index contributed by atoms with van der Waals surface area (Å²) in [5, 5.41) is 17.9. The summed E-state index contributed by atoms with van der Waals surface area (Å²) < 4.78 is 0. The summed E-state index contributed by atoms with van der Waals surface area (Å²) >= 11 is 1.52. The molecule has 0 aromatic heterocycles. The molecule has 1 fully saturated rings. The third kappa shape index (κ3) is 3.36. The fourth-order valence-electron chi connectivity index (χ4n) is 1.43. The van der Waals surface area contributed by atoms with Crippen molar-refractivity contribution in [3.05, 3.63) is 0 Å². The average molecular weight is 233 g/mol. The number of hydrogen-bond donors (Lipinski definition) is 3. The van der Waals surface area contributed by atoms with Crippen LogP contribution >= 0.6 is 11.8 Å². The van der Waals surface area contributed by atoms with E-state index in [1.807, 2.05) is 6.92 Å². The van der Waals surface area contributed by atoms with E-state index in [-0.39, 0.29) is 18.4 Å². The van der Waals surface area contributed by atoms with Crippen LogP contribution in [0.3, 0.4) is 0 Å². The second-order valence-corrected chi connectivity index (χ2v) is 5.45. The van der Waals surface area contributed by atoms with Crippen molar-refractivity contribution in [1.29, 1.82) is 0 Å². The molecule has 1 rings (SSSR count). The first-order chi connectivity index (χ1) is 7.00. The minimum Gasteiger partial charge on any atom is -0.480 e. The molecule has 2 unspecified atom stereocenters. The molecule has 0 radical (unpaired) electrons. The third-order valence-corrected chi connectivity index (χ3v) is 4.25. The van der Waals surface area contributed by atoms with Crippen LogP contribution in [0.1, 0.15) is 19.8 Å². The molecule has 0 spiro atoms. The van der Waals surface area contributed by atoms with E-state index in [4.69, 9.17) is 15.9 Å². The number of rotatable bonds is 7. The standard InChI is InChI=1S/C10H19NO3S/c1-7(4-12)5-15-6-10(11,9(13)14)8-2-3-8/h7-8,12H,2-6,11H2,1H3,(H,13,14). The van der Waals surface area contributed by atoms with Gasteiger partial charge >= 0.3 is 5.97 Å². The van der Waals surface area contributed by atoms with Gasteiger partial charge in [0.05, 0.1) is 0 Å². The van der Waals surface area contributed by atoms with Gasteiger partial charge in [0.2, 0.25) is 0 Å². The fraction of sp³-hybridized carbons (Fsp3) is 0.900. The Morgan fingerprint density at radius 2 is 2.27 bits per heavy atom. The molecule has 4 nitrogen and oxygen atoms in total. The van der Waals surface area contributed by atoms with Gasteiger partial charge in [0.1, 0.15) is 5.54 Å². The van der Waals surface area contributed by atoms with Gasteiger partial charge in [-0.25, -0.2) is 0 Å². The lowest BCUT2D eigenvalue weighted by molar-refractivity contribution is -0.143. The first kappa shape index (κ1) is 12.8. The molecule has 0 bridgehead atoms. The summed E-state index contributed by atoms with van der Waals surface area (Å²) in [6, 6.07) is 0. The molecule has 88 valence electrons. The zero-order chi connectivity index (χ0) is 11.5.